The molecule has 0 aliphatic carbocycles. The Kier molecular flexibility index (Phi) is 31.6. The van der Waals surface area contributed by atoms with Gasteiger partial charge in [-0.05, 0) is 150 Å². The lowest BCUT2D eigenvalue weighted by atomic mass is 10.0. The smallest absolute Gasteiger partial charge is 0.268 e. The van der Waals surface area contributed by atoms with Gasteiger partial charge in [0.25, 0.3) is 5.91 Å². The molecule has 0 saturated heterocycles. The number of hydrogen-bond donors (Lipinski definition) is 11. The molecule has 2 atom stereocenters. The van der Waals surface area contributed by atoms with E-state index in [1.54, 1.807) is 137 Å². The number of nitrogens with zero attached hydrogens (tertiary/aromatic N) is 8. The third-order valence-corrected chi connectivity index (χ3v) is 22.3. The Morgan fingerprint density at radius 2 is 0.957 bits per heavy atom. The first-order chi connectivity index (χ1) is 68.5. The predicted octanol–water partition coefficient (Wildman–Crippen LogP) is 20.5. The molecule has 0 radical (unpaired) electrons. The van der Waals surface area contributed by atoms with Crippen LogP contribution in [-0.4, -0.2) is 111 Å². The minimum Gasteiger partial charge on any atom is -0.497 e. The van der Waals surface area contributed by atoms with Gasteiger partial charge in [0.15, 0.2) is 34.5 Å². The number of halogens is 2. The quantitative estimate of drug-likeness (QED) is 0.0249. The number of rotatable bonds is 20. The fraction of sp³-hybridized carbons (Fsp3) is 0.0849. The number of ether oxygens (including phenoxy) is 6. The molecule has 9 heterocycles. The van der Waals surface area contributed by atoms with E-state index in [0.29, 0.717) is 157 Å². The number of hydrogen-bond acceptors (Lipinski definition) is 30. The molecule has 1 aliphatic rings. The zero-order valence-corrected chi connectivity index (χ0v) is 76.0. The van der Waals surface area contributed by atoms with Crippen molar-refractivity contribution in [2.75, 3.05) is 59.4 Å². The average Bonchev–Trinajstić information content (AvgIpc) is 1.08. The molecule has 0 bridgehead atoms. The molecule has 20 rings (SSSR count). The van der Waals surface area contributed by atoms with Gasteiger partial charge in [0, 0.05) is 104 Å². The Morgan fingerprint density at radius 1 is 0.471 bits per heavy atom. The van der Waals surface area contributed by atoms with Gasteiger partial charge in [0.05, 0.1) is 76.6 Å². The average molecular weight is 1900 g/mol. The van der Waals surface area contributed by atoms with Crippen molar-refractivity contribution < 1.29 is 100 Å². The number of aromatic amines is 1. The van der Waals surface area contributed by atoms with E-state index in [-0.39, 0.29) is 35.9 Å². The molecular weight excluding hydrogens is 1820 g/mol. The van der Waals surface area contributed by atoms with E-state index in [0.717, 1.165) is 49.7 Å². The molecule has 0 spiro atoms. The molecule has 31 nitrogen and oxygen atoms in total. The molecule has 19 aromatic rings. The van der Waals surface area contributed by atoms with Crippen LogP contribution in [0.4, 0.5) is 20.4 Å². The van der Waals surface area contributed by atoms with Crippen molar-refractivity contribution in [2.45, 2.75) is 12.1 Å². The summed E-state index contributed by atoms with van der Waals surface area (Å²) in [6.07, 6.45) is 6.79. The van der Waals surface area contributed by atoms with Gasteiger partial charge >= 0.3 is 0 Å². The molecule has 1 amide bonds. The SMILES string of the molecule is C=C1C=C(Nc2ccccc2)Oc2c1ccc(OC)c2OC.COc1ccc(-c2c/c(=N\O)c3cc(F)ccc3o2)cc1.COc1ccc2/c(=N/O)cc(-c3cncs3)oc2c1OC.O/N=c1\cc(-c2ccccc2)oc2ccc(F)cc12.O=C(NC(CO)c1ccccc1)c1cc(-c2c/c(=N\O)c3ccccc3o2)c[nH]1.OCC(Nc1nccc(-c2c/c(=N\O)c3ccccc3o2)n1)c1ccccc1. The number of anilines is 2. The highest BCUT2D eigenvalue weighted by Gasteiger charge is 2.25. The first-order valence-electron chi connectivity index (χ1n) is 42.7. The molecule has 0 saturated carbocycles. The van der Waals surface area contributed by atoms with Gasteiger partial charge in [-0.3, -0.25) is 9.78 Å². The highest BCUT2D eigenvalue weighted by atomic mass is 32.1. The molecule has 1 aliphatic heterocycles. The third kappa shape index (κ3) is 22.8. The maximum atomic E-state index is 13.3. The normalized spacial score (nSPS) is 12.4. The summed E-state index contributed by atoms with van der Waals surface area (Å²) < 4.78 is 88.1. The van der Waals surface area contributed by atoms with Gasteiger partial charge in [-0.25, -0.2) is 18.7 Å². The summed E-state index contributed by atoms with van der Waals surface area (Å²) >= 11 is 1.43. The number of methoxy groups -OCH3 is 5. The molecule has 2 unspecified atom stereocenters. The first kappa shape index (κ1) is 96.2. The zero-order chi connectivity index (χ0) is 98.0. The number of allylic oxidation sites excluding steroid dienone is 2. The molecular formula is C106H88F2N12O19S. The van der Waals surface area contributed by atoms with Gasteiger partial charge in [0.1, 0.15) is 101 Å². The number of fused-ring (bicyclic) bond motifs is 6. The van der Waals surface area contributed by atoms with Crippen LogP contribution in [0.15, 0.2) is 388 Å². The number of thiazole rings is 1. The summed E-state index contributed by atoms with van der Waals surface area (Å²) in [5.41, 5.74) is 11.8. The van der Waals surface area contributed by atoms with Crippen molar-refractivity contribution >= 4 is 89.3 Å². The van der Waals surface area contributed by atoms with Crippen molar-refractivity contribution in [1.29, 1.82) is 0 Å². The first-order valence-corrected chi connectivity index (χ1v) is 43.6. The second kappa shape index (κ2) is 46.0. The predicted molar refractivity (Wildman–Crippen MR) is 521 cm³/mol. The van der Waals surface area contributed by atoms with Gasteiger partial charge < -0.3 is 108 Å². The number of carbonyl (C=O) groups is 1. The molecule has 706 valence electrons. The van der Waals surface area contributed by atoms with Gasteiger partial charge in [-0.2, -0.15) is 0 Å². The molecule has 34 heteroatoms. The van der Waals surface area contributed by atoms with Crippen LogP contribution in [0, 0.1) is 11.6 Å². The molecule has 11 aromatic carbocycles. The lowest BCUT2D eigenvalue weighted by molar-refractivity contribution is 0.0911. The Labute approximate surface area is 798 Å². The van der Waals surface area contributed by atoms with Crippen molar-refractivity contribution in [3.05, 3.63) is 401 Å². The van der Waals surface area contributed by atoms with E-state index >= 15 is 0 Å². The summed E-state index contributed by atoms with van der Waals surface area (Å²) in [4.78, 5) is 29.1. The molecule has 11 N–H and O–H groups in total. The van der Waals surface area contributed by atoms with Crippen molar-refractivity contribution in [2.24, 2.45) is 25.8 Å². The van der Waals surface area contributed by atoms with Crippen LogP contribution in [0.5, 0.6) is 34.5 Å². The van der Waals surface area contributed by atoms with Crippen LogP contribution in [0.25, 0.3) is 116 Å². The second-order valence-corrected chi connectivity index (χ2v) is 31.1. The number of carbonyl (C=O) groups excluding carboxylic acids is 1. The maximum absolute atomic E-state index is 13.3. The molecule has 140 heavy (non-hydrogen) atoms. The number of amides is 1. The number of nitrogens with one attached hydrogen (secondary N) is 4. The second-order valence-electron chi connectivity index (χ2n) is 30.2. The monoisotopic (exact) mass is 1900 g/mol. The maximum Gasteiger partial charge on any atom is 0.268 e. The Bertz CT molecular complexity index is 8010. The topological polar surface area (TPSA) is 432 Å². The Balaban J connectivity index is 0.000000128. The summed E-state index contributed by atoms with van der Waals surface area (Å²) in [7, 11) is 7.86. The Morgan fingerprint density at radius 3 is 1.50 bits per heavy atom. The standard InChI is InChI=1S/C22H19N3O4.C21H18N4O3.C18H17NO3.C16H12FNO3.C15H10FNO2.C14H12N2O4S/c26-13-19(14-6-2-1-3-7-14)24-22(27)18-10-15(12-23-18)21-11-17(25-28)16-8-4-5-9-20(16)29-21;26-13-18(14-6-2-1-3-7-14)24-21-22-11-10-16(23-21)20-12-17(25-27)15-8-4-5-9-19(15)28-20;1-12-11-16(19-13-7-5-4-6-8-13)22-17-14(12)9-10-15(20-2)18(17)21-3;1-20-12-5-2-10(3-6-12)16-9-14(18-19)13-8-11(17)4-7-15(13)21-16;16-11-6-7-14-12(8-11)13(17-18)9-15(19-14)10-4-2-1-3-5-10;1-18-10-4-3-8-9(16-17)5-11(12-6-15-7-21-12)20-13(8)14(10)19-2/h1-12,19,23,26,28H,13H2,(H,24,27);1-12,18,26-27H,13H2,(H,22,23,24);4-11,19H,1H2,2-3H3;2-9,19H,1H3;1-9,18H;3-7,17H,1-2H3/b2*25-17+;;18-14+;17-13+;16-9+. The van der Waals surface area contributed by atoms with Crippen LogP contribution in [0.2, 0.25) is 0 Å². The largest absolute Gasteiger partial charge is 0.497 e. The van der Waals surface area contributed by atoms with Crippen LogP contribution in [0.1, 0.15) is 39.3 Å². The number of aliphatic hydroxyl groups excluding tert-OH is 2. The summed E-state index contributed by atoms with van der Waals surface area (Å²) in [6.45, 7) is 3.76. The number of H-pyrrole nitrogens is 1. The fourth-order valence-electron chi connectivity index (χ4n) is 14.7. The lowest BCUT2D eigenvalue weighted by Gasteiger charge is -2.23. The number of aromatic nitrogens is 4. The summed E-state index contributed by atoms with van der Waals surface area (Å²) in [5.74, 6) is 5.80. The summed E-state index contributed by atoms with van der Waals surface area (Å²) in [6, 6.07) is 85.8. The van der Waals surface area contributed by atoms with Crippen LogP contribution in [0.3, 0.4) is 0 Å². The van der Waals surface area contributed by atoms with E-state index in [4.69, 9.17) is 60.9 Å². The zero-order valence-electron chi connectivity index (χ0n) is 75.2. The minimum atomic E-state index is -0.513. The van der Waals surface area contributed by atoms with E-state index in [9.17, 15) is 39.4 Å². The summed E-state index contributed by atoms with van der Waals surface area (Å²) in [5, 5.41) is 95.6. The van der Waals surface area contributed by atoms with Gasteiger partial charge in [0.2, 0.25) is 17.4 Å². The van der Waals surface area contributed by atoms with Crippen LogP contribution >= 0.6 is 11.3 Å². The third-order valence-electron chi connectivity index (χ3n) is 21.5. The van der Waals surface area contributed by atoms with Crippen LogP contribution < -0.4 is 71.2 Å². The lowest BCUT2D eigenvalue weighted by Crippen LogP contribution is -2.30. The molecule has 8 aromatic heterocycles. The fourth-order valence-corrected chi connectivity index (χ4v) is 15.2. The van der Waals surface area contributed by atoms with Crippen LogP contribution in [-0.2, 0) is 0 Å². The van der Waals surface area contributed by atoms with E-state index in [1.807, 2.05) is 182 Å². The van der Waals surface area contributed by atoms with E-state index < -0.39 is 17.7 Å². The highest BCUT2D eigenvalue weighted by Crippen LogP contribution is 2.46. The Hall–Kier alpha value is -18.4. The van der Waals surface area contributed by atoms with Crippen molar-refractivity contribution in [3.8, 4) is 90.6 Å². The van der Waals surface area contributed by atoms with E-state index in [1.165, 1.54) is 54.8 Å². The number of benzene rings is 11. The van der Waals surface area contributed by atoms with Gasteiger partial charge in [-0.1, -0.05) is 166 Å². The minimum absolute atomic E-state index is 0.106. The van der Waals surface area contributed by atoms with Crippen molar-refractivity contribution in [1.82, 2.24) is 25.3 Å². The van der Waals surface area contributed by atoms with Crippen molar-refractivity contribution in [3.63, 3.8) is 0 Å². The number of para-hydroxylation sites is 3. The van der Waals surface area contributed by atoms with E-state index in [2.05, 4.69) is 68.2 Å². The molecule has 0 fully saturated rings. The highest BCUT2D eigenvalue weighted by molar-refractivity contribution is 7.13. The van der Waals surface area contributed by atoms with Gasteiger partial charge in [-0.15, -0.1) is 11.3 Å². The number of aliphatic hydroxyl groups is 2.